The van der Waals surface area contributed by atoms with Crippen LogP contribution in [0, 0.1) is 12.8 Å². The highest BCUT2D eigenvalue weighted by Crippen LogP contribution is 2.02. The molecule has 0 saturated heterocycles. The third kappa shape index (κ3) is 2.31. The maximum Gasteiger partial charge on any atom is 0.535 e. The van der Waals surface area contributed by atoms with E-state index in [0.717, 1.165) is 5.69 Å². The molecule has 0 amide bonds. The van der Waals surface area contributed by atoms with E-state index < -0.39 is 5.69 Å². The molecule has 0 atom stereocenters. The van der Waals surface area contributed by atoms with Gasteiger partial charge in [-0.1, -0.05) is 13.8 Å². The zero-order chi connectivity index (χ0) is 10.0. The summed E-state index contributed by atoms with van der Waals surface area (Å²) in [5.74, 6) is 0.416. The Morgan fingerprint density at radius 3 is 2.77 bits per heavy atom. The minimum absolute atomic E-state index is 0.416. The Labute approximate surface area is 76.8 Å². The average Bonchev–Trinajstić information content (AvgIpc) is 1.98. The van der Waals surface area contributed by atoms with Crippen molar-refractivity contribution in [1.82, 2.24) is 4.98 Å². The molecule has 0 fully saturated rings. The van der Waals surface area contributed by atoms with Crippen LogP contribution in [0.2, 0.25) is 0 Å². The fourth-order valence-electron chi connectivity index (χ4n) is 1.26. The number of aryl methyl sites for hydroxylation is 1. The van der Waals surface area contributed by atoms with Gasteiger partial charge in [-0.15, -0.1) is 0 Å². The van der Waals surface area contributed by atoms with E-state index in [1.54, 1.807) is 13.0 Å². The summed E-state index contributed by atoms with van der Waals surface area (Å²) in [5.41, 5.74) is 0.942. The van der Waals surface area contributed by atoms with Gasteiger partial charge < -0.3 is 5.21 Å². The molecule has 0 aliphatic heterocycles. The summed E-state index contributed by atoms with van der Waals surface area (Å²) < 4.78 is 0.674. The monoisotopic (exact) mass is 183 g/mol. The normalized spacial score (nSPS) is 10.8. The van der Waals surface area contributed by atoms with Crippen molar-refractivity contribution >= 4 is 0 Å². The first-order chi connectivity index (χ1) is 6.00. The van der Waals surface area contributed by atoms with E-state index >= 15 is 0 Å². The van der Waals surface area contributed by atoms with E-state index in [4.69, 9.17) is 0 Å². The van der Waals surface area contributed by atoms with Crippen LogP contribution in [-0.4, -0.2) is 10.2 Å². The van der Waals surface area contributed by atoms with E-state index in [9.17, 15) is 10.0 Å². The smallest absolute Gasteiger partial charge is 0.347 e. The maximum atomic E-state index is 11.1. The molecule has 0 aliphatic carbocycles. The van der Waals surface area contributed by atoms with E-state index in [-0.39, 0.29) is 0 Å². The summed E-state index contributed by atoms with van der Waals surface area (Å²) in [7, 11) is 0. The number of nitrogens with zero attached hydrogens (tertiary/aromatic N) is 1. The third-order valence-electron chi connectivity index (χ3n) is 1.77. The quantitative estimate of drug-likeness (QED) is 0.515. The molecule has 4 heteroatoms. The fourth-order valence-corrected chi connectivity index (χ4v) is 1.26. The molecular weight excluding hydrogens is 168 g/mol. The minimum Gasteiger partial charge on any atom is -0.347 e. The van der Waals surface area contributed by atoms with Crippen molar-refractivity contribution in [3.8, 4) is 0 Å². The molecule has 1 heterocycles. The standard InChI is InChI=1S/C9H14N2O2/c1-6(2)4-8-5-7(3)10-9(12)11(8)13/h5-6,13H,4H2,1-3H3/p+1. The molecule has 4 nitrogen and oxygen atoms in total. The first kappa shape index (κ1) is 9.77. The largest absolute Gasteiger partial charge is 0.535 e. The number of hydrogen-bond donors (Lipinski definition) is 2. The lowest BCUT2D eigenvalue weighted by atomic mass is 10.1. The second-order valence-electron chi connectivity index (χ2n) is 3.66. The molecule has 2 N–H and O–H groups in total. The van der Waals surface area contributed by atoms with E-state index in [0.29, 0.717) is 22.8 Å². The van der Waals surface area contributed by atoms with Crippen molar-refractivity contribution in [2.45, 2.75) is 27.2 Å². The second kappa shape index (κ2) is 3.60. The summed E-state index contributed by atoms with van der Waals surface area (Å²) in [6, 6.07) is 1.78. The summed E-state index contributed by atoms with van der Waals surface area (Å²) >= 11 is 0. The fraction of sp³-hybridized carbons (Fsp3) is 0.556. The van der Waals surface area contributed by atoms with Gasteiger partial charge in [0.25, 0.3) is 0 Å². The highest BCUT2D eigenvalue weighted by molar-refractivity contribution is 5.01. The Kier molecular flexibility index (Phi) is 2.70. The topological polar surface area (TPSA) is 57.0 Å². The van der Waals surface area contributed by atoms with E-state index in [1.165, 1.54) is 0 Å². The molecule has 0 aromatic carbocycles. The molecule has 13 heavy (non-hydrogen) atoms. The van der Waals surface area contributed by atoms with Gasteiger partial charge in [0.15, 0.2) is 5.69 Å². The zero-order valence-corrected chi connectivity index (χ0v) is 8.16. The van der Waals surface area contributed by atoms with Crippen molar-refractivity contribution in [1.29, 1.82) is 0 Å². The van der Waals surface area contributed by atoms with E-state index in [1.807, 2.05) is 13.8 Å². The molecule has 1 aromatic heterocycles. The predicted octanol–water partition coefficient (Wildman–Crippen LogP) is 0.407. The lowest BCUT2D eigenvalue weighted by Crippen LogP contribution is -2.52. The van der Waals surface area contributed by atoms with Gasteiger partial charge in [0.05, 0.1) is 0 Å². The van der Waals surface area contributed by atoms with Crippen LogP contribution in [0.4, 0.5) is 0 Å². The minimum atomic E-state index is -0.476. The van der Waals surface area contributed by atoms with Crippen LogP contribution < -0.4 is 10.4 Å². The van der Waals surface area contributed by atoms with Crippen LogP contribution in [0.5, 0.6) is 0 Å². The average molecular weight is 183 g/mol. The van der Waals surface area contributed by atoms with Gasteiger partial charge in [-0.3, -0.25) is 0 Å². The number of aromatic amines is 1. The molecule has 0 bridgehead atoms. The van der Waals surface area contributed by atoms with Crippen LogP contribution in [-0.2, 0) is 6.42 Å². The Morgan fingerprint density at radius 2 is 2.23 bits per heavy atom. The second-order valence-corrected chi connectivity index (χ2v) is 3.66. The first-order valence-electron chi connectivity index (χ1n) is 4.35. The van der Waals surface area contributed by atoms with Gasteiger partial charge in [-0.05, 0) is 17.6 Å². The van der Waals surface area contributed by atoms with Gasteiger partial charge >= 0.3 is 5.69 Å². The van der Waals surface area contributed by atoms with Crippen LogP contribution in [0.15, 0.2) is 10.9 Å². The molecule has 1 rings (SSSR count). The van der Waals surface area contributed by atoms with Crippen molar-refractivity contribution in [2.75, 3.05) is 0 Å². The molecule has 0 saturated carbocycles. The molecule has 0 aliphatic rings. The van der Waals surface area contributed by atoms with Crippen LogP contribution in [0.1, 0.15) is 25.2 Å². The Balaban J connectivity index is 3.13. The Hall–Kier alpha value is -1.32. The van der Waals surface area contributed by atoms with Gasteiger partial charge in [0.2, 0.25) is 0 Å². The number of H-pyrrole nitrogens is 1. The molecule has 1 aromatic rings. The molecule has 0 spiro atoms. The lowest BCUT2D eigenvalue weighted by Gasteiger charge is -2.02. The predicted molar refractivity (Wildman–Crippen MR) is 47.7 cm³/mol. The Bertz CT molecular complexity index is 355. The number of nitrogens with one attached hydrogen (secondary N) is 1. The molecule has 0 unspecified atom stereocenters. The van der Waals surface area contributed by atoms with Crippen LogP contribution in [0.25, 0.3) is 0 Å². The maximum absolute atomic E-state index is 11.1. The van der Waals surface area contributed by atoms with Gasteiger partial charge in [-0.2, -0.15) is 4.79 Å². The van der Waals surface area contributed by atoms with E-state index in [2.05, 4.69) is 4.98 Å². The Morgan fingerprint density at radius 1 is 1.62 bits per heavy atom. The first-order valence-corrected chi connectivity index (χ1v) is 4.35. The highest BCUT2D eigenvalue weighted by Gasteiger charge is 2.13. The summed E-state index contributed by atoms with van der Waals surface area (Å²) in [5, 5.41) is 9.34. The highest BCUT2D eigenvalue weighted by atomic mass is 16.5. The molecule has 72 valence electrons. The SMILES string of the molecule is Cc1cc(CC(C)C)[n+](O)c(=O)[nH]1. The van der Waals surface area contributed by atoms with Crippen LogP contribution in [0.3, 0.4) is 0 Å². The van der Waals surface area contributed by atoms with Crippen molar-refractivity contribution < 1.29 is 9.94 Å². The number of aromatic nitrogens is 2. The van der Waals surface area contributed by atoms with Gasteiger partial charge in [-0.25, -0.2) is 4.98 Å². The van der Waals surface area contributed by atoms with Gasteiger partial charge in [0, 0.05) is 12.5 Å². The summed E-state index contributed by atoms with van der Waals surface area (Å²) in [6.07, 6.45) is 0.696. The van der Waals surface area contributed by atoms with Crippen molar-refractivity contribution in [3.63, 3.8) is 0 Å². The zero-order valence-electron chi connectivity index (χ0n) is 8.16. The van der Waals surface area contributed by atoms with Gasteiger partial charge in [0.1, 0.15) is 5.69 Å². The molecular formula is C9H15N2O2+. The number of rotatable bonds is 2. The van der Waals surface area contributed by atoms with Crippen molar-refractivity contribution in [2.24, 2.45) is 5.92 Å². The van der Waals surface area contributed by atoms with Crippen LogP contribution >= 0.6 is 0 Å². The molecule has 0 radical (unpaired) electrons. The van der Waals surface area contributed by atoms with Crippen molar-refractivity contribution in [3.05, 3.63) is 27.9 Å². The summed E-state index contributed by atoms with van der Waals surface area (Å²) in [4.78, 5) is 13.6. The number of hydrogen-bond acceptors (Lipinski definition) is 2. The lowest BCUT2D eigenvalue weighted by molar-refractivity contribution is -0.922. The third-order valence-corrected chi connectivity index (χ3v) is 1.77. The summed E-state index contributed by atoms with van der Waals surface area (Å²) in [6.45, 7) is 5.87.